The Hall–Kier alpha value is -2.04. The van der Waals surface area contributed by atoms with Gasteiger partial charge in [0.15, 0.2) is 0 Å². The third kappa shape index (κ3) is 2.31. The van der Waals surface area contributed by atoms with E-state index in [1.54, 1.807) is 4.68 Å². The first kappa shape index (κ1) is 10.5. The van der Waals surface area contributed by atoms with Crippen molar-refractivity contribution < 1.29 is 0 Å². The predicted molar refractivity (Wildman–Crippen MR) is 64.0 cm³/mol. The Bertz CT molecular complexity index is 459. The van der Waals surface area contributed by atoms with E-state index in [1.807, 2.05) is 44.6 Å². The zero-order chi connectivity index (χ0) is 11.5. The number of aryl methyl sites for hydroxylation is 1. The minimum absolute atomic E-state index is 0.734. The molecule has 0 radical (unpaired) electrons. The third-order valence-corrected chi connectivity index (χ3v) is 2.38. The SMILES string of the molecule is CN(Cc1cn(C)nn1)c1ccc(N)cc1. The van der Waals surface area contributed by atoms with Crippen molar-refractivity contribution in [3.05, 3.63) is 36.2 Å². The van der Waals surface area contributed by atoms with Crippen LogP contribution in [0.5, 0.6) is 0 Å². The average Bonchev–Trinajstić information content (AvgIpc) is 2.65. The number of nitrogens with zero attached hydrogens (tertiary/aromatic N) is 4. The molecule has 16 heavy (non-hydrogen) atoms. The summed E-state index contributed by atoms with van der Waals surface area (Å²) in [5.41, 5.74) is 8.47. The van der Waals surface area contributed by atoms with E-state index in [9.17, 15) is 0 Å². The first-order valence-electron chi connectivity index (χ1n) is 5.07. The van der Waals surface area contributed by atoms with Crippen molar-refractivity contribution in [3.8, 4) is 0 Å². The molecule has 0 saturated heterocycles. The van der Waals surface area contributed by atoms with Gasteiger partial charge in [-0.3, -0.25) is 4.68 Å². The standard InChI is InChI=1S/C11H15N5/c1-15(7-10-8-16(2)14-13-10)11-5-3-9(12)4-6-11/h3-6,8H,7,12H2,1-2H3. The molecule has 0 spiro atoms. The van der Waals surface area contributed by atoms with E-state index in [0.717, 1.165) is 23.6 Å². The summed E-state index contributed by atoms with van der Waals surface area (Å²) in [6, 6.07) is 7.77. The fourth-order valence-electron chi connectivity index (χ4n) is 1.53. The van der Waals surface area contributed by atoms with E-state index in [1.165, 1.54) is 0 Å². The van der Waals surface area contributed by atoms with E-state index in [-0.39, 0.29) is 0 Å². The molecule has 0 fully saturated rings. The lowest BCUT2D eigenvalue weighted by molar-refractivity contribution is 0.712. The molecule has 1 aromatic carbocycles. The molecule has 0 unspecified atom stereocenters. The largest absolute Gasteiger partial charge is 0.399 e. The van der Waals surface area contributed by atoms with Crippen LogP contribution in [-0.2, 0) is 13.6 Å². The zero-order valence-electron chi connectivity index (χ0n) is 9.46. The van der Waals surface area contributed by atoms with Gasteiger partial charge < -0.3 is 10.6 Å². The molecule has 0 amide bonds. The van der Waals surface area contributed by atoms with Crippen molar-refractivity contribution in [3.63, 3.8) is 0 Å². The second-order valence-corrected chi connectivity index (χ2v) is 3.83. The number of anilines is 2. The Morgan fingerprint density at radius 1 is 1.31 bits per heavy atom. The zero-order valence-corrected chi connectivity index (χ0v) is 9.46. The normalized spacial score (nSPS) is 10.4. The van der Waals surface area contributed by atoms with Crippen molar-refractivity contribution >= 4 is 11.4 Å². The highest BCUT2D eigenvalue weighted by atomic mass is 15.4. The molecule has 2 aromatic rings. The summed E-state index contributed by atoms with van der Waals surface area (Å²) in [7, 11) is 3.87. The maximum absolute atomic E-state index is 5.64. The minimum Gasteiger partial charge on any atom is -0.399 e. The number of benzene rings is 1. The first-order chi connectivity index (χ1) is 7.65. The molecule has 0 bridgehead atoms. The molecule has 1 aromatic heterocycles. The van der Waals surface area contributed by atoms with Crippen LogP contribution in [0.1, 0.15) is 5.69 Å². The van der Waals surface area contributed by atoms with Gasteiger partial charge in [-0.1, -0.05) is 5.21 Å². The van der Waals surface area contributed by atoms with Crippen molar-refractivity contribution in [2.24, 2.45) is 7.05 Å². The van der Waals surface area contributed by atoms with Gasteiger partial charge in [0.2, 0.25) is 0 Å². The Labute approximate surface area is 94.5 Å². The van der Waals surface area contributed by atoms with Crippen LogP contribution in [0.25, 0.3) is 0 Å². The van der Waals surface area contributed by atoms with E-state index in [2.05, 4.69) is 15.2 Å². The van der Waals surface area contributed by atoms with Crippen LogP contribution in [0.3, 0.4) is 0 Å². The van der Waals surface area contributed by atoms with Crippen molar-refractivity contribution in [2.45, 2.75) is 6.54 Å². The van der Waals surface area contributed by atoms with Gasteiger partial charge in [0.1, 0.15) is 5.69 Å². The topological polar surface area (TPSA) is 60.0 Å². The van der Waals surface area contributed by atoms with E-state index >= 15 is 0 Å². The molecular weight excluding hydrogens is 202 g/mol. The second kappa shape index (κ2) is 4.22. The van der Waals surface area contributed by atoms with Crippen LogP contribution >= 0.6 is 0 Å². The summed E-state index contributed by atoms with van der Waals surface area (Å²) < 4.78 is 1.70. The van der Waals surface area contributed by atoms with Gasteiger partial charge in [-0.05, 0) is 24.3 Å². The predicted octanol–water partition coefficient (Wildman–Crippen LogP) is 1.03. The molecule has 0 aliphatic heterocycles. The fourth-order valence-corrected chi connectivity index (χ4v) is 1.53. The summed E-state index contributed by atoms with van der Waals surface area (Å²) in [6.07, 6.45) is 1.91. The molecule has 0 saturated carbocycles. The van der Waals surface area contributed by atoms with Crippen LogP contribution in [0, 0.1) is 0 Å². The molecule has 0 aliphatic carbocycles. The summed E-state index contributed by atoms with van der Waals surface area (Å²) in [5, 5.41) is 7.94. The number of aromatic nitrogens is 3. The van der Waals surface area contributed by atoms with Crippen LogP contribution in [-0.4, -0.2) is 22.0 Å². The number of nitrogens with two attached hydrogens (primary N) is 1. The monoisotopic (exact) mass is 217 g/mol. The van der Waals surface area contributed by atoms with Gasteiger partial charge in [-0.15, -0.1) is 5.10 Å². The molecule has 84 valence electrons. The Morgan fingerprint density at radius 2 is 2.00 bits per heavy atom. The average molecular weight is 217 g/mol. The lowest BCUT2D eigenvalue weighted by Gasteiger charge is -2.17. The summed E-state index contributed by atoms with van der Waals surface area (Å²) in [6.45, 7) is 0.734. The van der Waals surface area contributed by atoms with Crippen LogP contribution in [0.15, 0.2) is 30.5 Å². The molecule has 2 rings (SSSR count). The van der Waals surface area contributed by atoms with Crippen molar-refractivity contribution in [1.29, 1.82) is 0 Å². The highest BCUT2D eigenvalue weighted by molar-refractivity contribution is 5.52. The Balaban J connectivity index is 2.08. The highest BCUT2D eigenvalue weighted by Gasteiger charge is 2.04. The fraction of sp³-hybridized carbons (Fsp3) is 0.273. The van der Waals surface area contributed by atoms with Crippen LogP contribution < -0.4 is 10.6 Å². The second-order valence-electron chi connectivity index (χ2n) is 3.83. The van der Waals surface area contributed by atoms with Crippen molar-refractivity contribution in [1.82, 2.24) is 15.0 Å². The number of hydrogen-bond acceptors (Lipinski definition) is 4. The van der Waals surface area contributed by atoms with Gasteiger partial charge in [0.05, 0.1) is 6.54 Å². The maximum Gasteiger partial charge on any atom is 0.102 e. The number of hydrogen-bond donors (Lipinski definition) is 1. The molecule has 5 nitrogen and oxygen atoms in total. The van der Waals surface area contributed by atoms with Gasteiger partial charge in [0, 0.05) is 31.7 Å². The smallest absolute Gasteiger partial charge is 0.102 e. The minimum atomic E-state index is 0.734. The summed E-state index contributed by atoms with van der Waals surface area (Å²) in [4.78, 5) is 2.10. The molecule has 0 atom stereocenters. The van der Waals surface area contributed by atoms with Gasteiger partial charge >= 0.3 is 0 Å². The Morgan fingerprint density at radius 3 is 2.56 bits per heavy atom. The maximum atomic E-state index is 5.64. The quantitative estimate of drug-likeness (QED) is 0.780. The number of rotatable bonds is 3. The molecule has 5 heteroatoms. The van der Waals surface area contributed by atoms with Crippen molar-refractivity contribution in [2.75, 3.05) is 17.7 Å². The van der Waals surface area contributed by atoms with Crippen LogP contribution in [0.4, 0.5) is 11.4 Å². The Kier molecular flexibility index (Phi) is 2.76. The molecular formula is C11H15N5. The molecule has 1 heterocycles. The van der Waals surface area contributed by atoms with Gasteiger partial charge in [0.25, 0.3) is 0 Å². The van der Waals surface area contributed by atoms with Crippen LogP contribution in [0.2, 0.25) is 0 Å². The van der Waals surface area contributed by atoms with Gasteiger partial charge in [-0.25, -0.2) is 0 Å². The summed E-state index contributed by atoms with van der Waals surface area (Å²) in [5.74, 6) is 0. The van der Waals surface area contributed by atoms with E-state index in [0.29, 0.717) is 0 Å². The van der Waals surface area contributed by atoms with Gasteiger partial charge in [-0.2, -0.15) is 0 Å². The number of nitrogen functional groups attached to an aromatic ring is 1. The highest BCUT2D eigenvalue weighted by Crippen LogP contribution is 2.16. The lowest BCUT2D eigenvalue weighted by atomic mass is 10.2. The molecule has 2 N–H and O–H groups in total. The molecule has 0 aliphatic rings. The first-order valence-corrected chi connectivity index (χ1v) is 5.07. The van der Waals surface area contributed by atoms with E-state index in [4.69, 9.17) is 5.73 Å². The lowest BCUT2D eigenvalue weighted by Crippen LogP contribution is -2.16. The van der Waals surface area contributed by atoms with E-state index < -0.39 is 0 Å². The third-order valence-electron chi connectivity index (χ3n) is 2.38. The summed E-state index contributed by atoms with van der Waals surface area (Å²) >= 11 is 0.